The minimum atomic E-state index is -0.508. The molecule has 1 aromatic carbocycles. The van der Waals surface area contributed by atoms with E-state index < -0.39 is 11.7 Å². The molecule has 5 nitrogen and oxygen atoms in total. The van der Waals surface area contributed by atoms with Gasteiger partial charge in [0.15, 0.2) is 5.69 Å². The number of nitrogen functional groups attached to an aromatic ring is 1. The fraction of sp³-hybridized carbons (Fsp3) is 0. The summed E-state index contributed by atoms with van der Waals surface area (Å²) in [5.41, 5.74) is 6.15. The number of amides is 1. The minimum absolute atomic E-state index is 0.188. The van der Waals surface area contributed by atoms with Crippen LogP contribution in [0.25, 0.3) is 0 Å². The number of carbonyl (C=O) groups excluding carboxylic acids is 1. The summed E-state index contributed by atoms with van der Waals surface area (Å²) in [4.78, 5) is 11.5. The van der Waals surface area contributed by atoms with Crippen molar-refractivity contribution < 1.29 is 9.18 Å². The van der Waals surface area contributed by atoms with Crippen LogP contribution in [-0.4, -0.2) is 15.5 Å². The smallest absolute Gasteiger partial charge is 0.277 e. The van der Waals surface area contributed by atoms with Gasteiger partial charge in [0.1, 0.15) is 5.82 Å². The minimum Gasteiger partial charge on any atom is -0.399 e. The lowest BCUT2D eigenvalue weighted by Crippen LogP contribution is -2.12. The maximum atomic E-state index is 13.0. The number of nitrogens with zero attached hydrogens (tertiary/aromatic N) is 2. The molecule has 0 radical (unpaired) electrons. The van der Waals surface area contributed by atoms with Crippen molar-refractivity contribution >= 4 is 28.8 Å². The number of nitrogens with one attached hydrogen (secondary N) is 1. The van der Waals surface area contributed by atoms with Crippen LogP contribution in [0.15, 0.2) is 23.6 Å². The first kappa shape index (κ1) is 10.5. The summed E-state index contributed by atoms with van der Waals surface area (Å²) in [7, 11) is 0. The highest BCUT2D eigenvalue weighted by Gasteiger charge is 2.09. The molecule has 2 aromatic rings. The molecule has 0 aliphatic heterocycles. The first-order valence-corrected chi connectivity index (χ1v) is 5.13. The highest BCUT2D eigenvalue weighted by atomic mass is 32.1. The van der Waals surface area contributed by atoms with Gasteiger partial charge >= 0.3 is 0 Å². The van der Waals surface area contributed by atoms with Crippen molar-refractivity contribution in [3.05, 3.63) is 35.1 Å². The average Bonchev–Trinajstić information content (AvgIpc) is 2.68. The van der Waals surface area contributed by atoms with E-state index in [9.17, 15) is 9.18 Å². The predicted molar refractivity (Wildman–Crippen MR) is 58.7 cm³/mol. The van der Waals surface area contributed by atoms with Crippen LogP contribution in [0.3, 0.4) is 0 Å². The number of nitrogens with two attached hydrogens (primary N) is 1. The van der Waals surface area contributed by atoms with E-state index in [1.54, 1.807) is 0 Å². The molecular weight excluding hydrogens is 231 g/mol. The third-order valence-corrected chi connectivity index (χ3v) is 2.28. The number of anilines is 2. The first-order valence-electron chi connectivity index (χ1n) is 4.29. The van der Waals surface area contributed by atoms with Gasteiger partial charge in [-0.15, -0.1) is 5.10 Å². The van der Waals surface area contributed by atoms with E-state index in [0.717, 1.165) is 11.5 Å². The van der Waals surface area contributed by atoms with E-state index in [1.807, 2.05) is 0 Å². The molecule has 0 saturated carbocycles. The van der Waals surface area contributed by atoms with Crippen molar-refractivity contribution in [2.75, 3.05) is 11.1 Å². The lowest BCUT2D eigenvalue weighted by Gasteiger charge is -2.04. The number of hydrogen-bond donors (Lipinski definition) is 2. The van der Waals surface area contributed by atoms with E-state index in [0.29, 0.717) is 0 Å². The molecule has 7 heteroatoms. The standard InChI is InChI=1S/C9H7FN4OS/c10-5-1-6(11)3-7(2-5)12-9(15)8-4-16-14-13-8/h1-4H,11H2,(H,12,15). The Kier molecular flexibility index (Phi) is 2.78. The quantitative estimate of drug-likeness (QED) is 0.777. The summed E-state index contributed by atoms with van der Waals surface area (Å²) in [5, 5.41) is 7.56. The van der Waals surface area contributed by atoms with Crippen molar-refractivity contribution in [2.45, 2.75) is 0 Å². The van der Waals surface area contributed by atoms with Crippen molar-refractivity contribution in [2.24, 2.45) is 0 Å². The van der Waals surface area contributed by atoms with Gasteiger partial charge in [0, 0.05) is 16.8 Å². The zero-order chi connectivity index (χ0) is 11.5. The van der Waals surface area contributed by atoms with Crippen molar-refractivity contribution in [3.8, 4) is 0 Å². The van der Waals surface area contributed by atoms with Gasteiger partial charge < -0.3 is 11.1 Å². The van der Waals surface area contributed by atoms with Gasteiger partial charge in [0.05, 0.1) is 0 Å². The zero-order valence-electron chi connectivity index (χ0n) is 7.98. The fourth-order valence-electron chi connectivity index (χ4n) is 1.14. The molecule has 0 aliphatic carbocycles. The van der Waals surface area contributed by atoms with E-state index in [1.165, 1.54) is 23.6 Å². The molecule has 0 unspecified atom stereocenters. The third kappa shape index (κ3) is 2.31. The second kappa shape index (κ2) is 4.23. The molecule has 1 amide bonds. The van der Waals surface area contributed by atoms with Crippen LogP contribution in [0.4, 0.5) is 15.8 Å². The Morgan fingerprint density at radius 2 is 2.25 bits per heavy atom. The maximum Gasteiger partial charge on any atom is 0.277 e. The molecule has 0 bridgehead atoms. The van der Waals surface area contributed by atoms with Crippen LogP contribution in [0.2, 0.25) is 0 Å². The third-order valence-electron chi connectivity index (χ3n) is 1.77. The number of halogens is 1. The Labute approximate surface area is 94.3 Å². The normalized spacial score (nSPS) is 10.1. The first-order chi connectivity index (χ1) is 7.65. The Morgan fingerprint density at radius 3 is 2.88 bits per heavy atom. The topological polar surface area (TPSA) is 80.9 Å². The molecule has 16 heavy (non-hydrogen) atoms. The summed E-state index contributed by atoms with van der Waals surface area (Å²) >= 11 is 1.06. The predicted octanol–water partition coefficient (Wildman–Crippen LogP) is 1.51. The Bertz CT molecular complexity index is 494. The van der Waals surface area contributed by atoms with Crippen molar-refractivity contribution in [1.29, 1.82) is 0 Å². The molecule has 2 rings (SSSR count). The molecule has 0 saturated heterocycles. The van der Waals surface area contributed by atoms with Gasteiger partial charge in [0.2, 0.25) is 0 Å². The summed E-state index contributed by atoms with van der Waals surface area (Å²) in [6.07, 6.45) is 0. The van der Waals surface area contributed by atoms with Crippen LogP contribution >= 0.6 is 11.5 Å². The Morgan fingerprint density at radius 1 is 1.44 bits per heavy atom. The number of rotatable bonds is 2. The van der Waals surface area contributed by atoms with Crippen LogP contribution in [0.1, 0.15) is 10.5 Å². The fourth-order valence-corrected chi connectivity index (χ4v) is 1.58. The highest BCUT2D eigenvalue weighted by molar-refractivity contribution is 7.03. The monoisotopic (exact) mass is 238 g/mol. The largest absolute Gasteiger partial charge is 0.399 e. The van der Waals surface area contributed by atoms with Gasteiger partial charge in [-0.1, -0.05) is 4.49 Å². The Balaban J connectivity index is 2.18. The van der Waals surface area contributed by atoms with E-state index in [-0.39, 0.29) is 17.1 Å². The lowest BCUT2D eigenvalue weighted by atomic mass is 10.2. The van der Waals surface area contributed by atoms with Gasteiger partial charge in [-0.2, -0.15) is 0 Å². The number of hydrogen-bond acceptors (Lipinski definition) is 5. The SMILES string of the molecule is Nc1cc(F)cc(NC(=O)c2csnn2)c1. The summed E-state index contributed by atoms with van der Waals surface area (Å²) < 4.78 is 16.5. The molecule has 1 heterocycles. The summed E-state index contributed by atoms with van der Waals surface area (Å²) in [5.74, 6) is -0.953. The second-order valence-corrected chi connectivity index (χ2v) is 3.63. The average molecular weight is 238 g/mol. The van der Waals surface area contributed by atoms with Gasteiger partial charge in [-0.25, -0.2) is 4.39 Å². The van der Waals surface area contributed by atoms with Crippen LogP contribution < -0.4 is 11.1 Å². The van der Waals surface area contributed by atoms with Crippen molar-refractivity contribution in [3.63, 3.8) is 0 Å². The summed E-state index contributed by atoms with van der Waals surface area (Å²) in [6, 6.07) is 3.80. The second-order valence-electron chi connectivity index (χ2n) is 3.02. The highest BCUT2D eigenvalue weighted by Crippen LogP contribution is 2.16. The van der Waals surface area contributed by atoms with Gasteiger partial charge in [0.25, 0.3) is 5.91 Å². The lowest BCUT2D eigenvalue weighted by molar-refractivity contribution is 0.102. The number of carbonyl (C=O) groups is 1. The van der Waals surface area contributed by atoms with Crippen LogP contribution in [0, 0.1) is 5.82 Å². The zero-order valence-corrected chi connectivity index (χ0v) is 8.79. The molecule has 1 aromatic heterocycles. The molecule has 82 valence electrons. The molecule has 0 spiro atoms. The molecular formula is C9H7FN4OS. The van der Waals surface area contributed by atoms with Crippen LogP contribution in [-0.2, 0) is 0 Å². The Hall–Kier alpha value is -2.02. The summed E-state index contributed by atoms with van der Waals surface area (Å²) in [6.45, 7) is 0. The number of aromatic nitrogens is 2. The van der Waals surface area contributed by atoms with Crippen LogP contribution in [0.5, 0.6) is 0 Å². The number of benzene rings is 1. The van der Waals surface area contributed by atoms with E-state index >= 15 is 0 Å². The van der Waals surface area contributed by atoms with Crippen molar-refractivity contribution in [1.82, 2.24) is 9.59 Å². The maximum absolute atomic E-state index is 13.0. The molecule has 0 fully saturated rings. The van der Waals surface area contributed by atoms with E-state index in [4.69, 9.17) is 5.73 Å². The van der Waals surface area contributed by atoms with Gasteiger partial charge in [-0.3, -0.25) is 4.79 Å². The molecule has 0 atom stereocenters. The molecule has 3 N–H and O–H groups in total. The van der Waals surface area contributed by atoms with E-state index in [2.05, 4.69) is 14.9 Å². The van der Waals surface area contributed by atoms with Gasteiger partial charge in [-0.05, 0) is 29.7 Å². The molecule has 0 aliphatic rings.